The first-order valence-corrected chi connectivity index (χ1v) is 7.88. The van der Waals surface area contributed by atoms with E-state index < -0.39 is 14.6 Å². The lowest BCUT2D eigenvalue weighted by atomic mass is 10.2. The first-order valence-electron chi connectivity index (χ1n) is 4.91. The van der Waals surface area contributed by atoms with E-state index in [0.717, 1.165) is 9.26 Å². The Labute approximate surface area is 111 Å². The highest BCUT2D eigenvalue weighted by atomic mass is 127. The molecule has 1 rings (SSSR count). The highest BCUT2D eigenvalue weighted by Crippen LogP contribution is 2.18. The van der Waals surface area contributed by atoms with Crippen molar-refractivity contribution in [2.24, 2.45) is 0 Å². The fourth-order valence-electron chi connectivity index (χ4n) is 1.04. The second-order valence-electron chi connectivity index (χ2n) is 4.40. The number of hydrogen-bond donors (Lipinski definition) is 1. The molecule has 90 valence electrons. The molecule has 5 heteroatoms. The van der Waals surface area contributed by atoms with E-state index in [2.05, 4.69) is 27.9 Å². The Morgan fingerprint density at radius 2 is 2.00 bits per heavy atom. The highest BCUT2D eigenvalue weighted by Gasteiger charge is 2.29. The molecular formula is C11H16INO2S. The van der Waals surface area contributed by atoms with Crippen LogP contribution in [0.2, 0.25) is 0 Å². The Kier molecular flexibility index (Phi) is 4.23. The first kappa shape index (κ1) is 13.8. The van der Waals surface area contributed by atoms with Crippen molar-refractivity contribution < 1.29 is 8.42 Å². The Hall–Kier alpha value is -0.300. The summed E-state index contributed by atoms with van der Waals surface area (Å²) in [5, 5.41) is 3.15. The van der Waals surface area contributed by atoms with E-state index in [1.54, 1.807) is 13.8 Å². The zero-order chi connectivity index (χ0) is 12.4. The Bertz CT molecular complexity index is 469. The van der Waals surface area contributed by atoms with Gasteiger partial charge in [-0.25, -0.2) is 8.42 Å². The summed E-state index contributed by atoms with van der Waals surface area (Å²) in [5.74, 6) is 0. The van der Waals surface area contributed by atoms with Crippen LogP contribution in [0.25, 0.3) is 0 Å². The molecular weight excluding hydrogens is 337 g/mol. The number of anilines is 1. The lowest BCUT2D eigenvalue weighted by Crippen LogP contribution is -2.38. The van der Waals surface area contributed by atoms with Crippen molar-refractivity contribution in [2.45, 2.75) is 18.6 Å². The average molecular weight is 353 g/mol. The molecule has 0 aliphatic heterocycles. The van der Waals surface area contributed by atoms with Gasteiger partial charge in [-0.15, -0.1) is 0 Å². The Morgan fingerprint density at radius 3 is 2.50 bits per heavy atom. The van der Waals surface area contributed by atoms with E-state index >= 15 is 0 Å². The van der Waals surface area contributed by atoms with Gasteiger partial charge in [0.15, 0.2) is 9.84 Å². The van der Waals surface area contributed by atoms with Gasteiger partial charge in [-0.2, -0.15) is 0 Å². The fourth-order valence-corrected chi connectivity index (χ4v) is 1.92. The molecule has 3 nitrogen and oxygen atoms in total. The van der Waals surface area contributed by atoms with Gasteiger partial charge in [-0.05, 0) is 54.6 Å². The van der Waals surface area contributed by atoms with Crippen LogP contribution in [0.4, 0.5) is 5.69 Å². The summed E-state index contributed by atoms with van der Waals surface area (Å²) >= 11 is 2.22. The number of nitrogens with one attached hydrogen (secondary N) is 1. The summed E-state index contributed by atoms with van der Waals surface area (Å²) in [6.07, 6.45) is 1.27. The van der Waals surface area contributed by atoms with Gasteiger partial charge in [0.05, 0.1) is 4.75 Å². The molecule has 0 heterocycles. The highest BCUT2D eigenvalue weighted by molar-refractivity contribution is 14.1. The number of hydrogen-bond acceptors (Lipinski definition) is 3. The van der Waals surface area contributed by atoms with Gasteiger partial charge in [0.1, 0.15) is 0 Å². The van der Waals surface area contributed by atoms with Gasteiger partial charge < -0.3 is 5.32 Å². The SMILES string of the molecule is CC(C)(CNc1cccc(I)c1)S(C)(=O)=O. The molecule has 1 N–H and O–H groups in total. The molecule has 0 fully saturated rings. The molecule has 1 aromatic carbocycles. The molecule has 0 aromatic heterocycles. The van der Waals surface area contributed by atoms with E-state index in [0.29, 0.717) is 6.54 Å². The maximum atomic E-state index is 11.5. The largest absolute Gasteiger partial charge is 0.383 e. The molecule has 0 radical (unpaired) electrons. The second kappa shape index (κ2) is 4.91. The first-order chi connectivity index (χ1) is 7.22. The summed E-state index contributed by atoms with van der Waals surface area (Å²) in [4.78, 5) is 0. The minimum Gasteiger partial charge on any atom is -0.383 e. The summed E-state index contributed by atoms with van der Waals surface area (Å²) in [6, 6.07) is 7.85. The van der Waals surface area contributed by atoms with Crippen LogP contribution in [0.5, 0.6) is 0 Å². The van der Waals surface area contributed by atoms with Gasteiger partial charge in [0.2, 0.25) is 0 Å². The zero-order valence-corrected chi connectivity index (χ0v) is 12.6. The van der Waals surface area contributed by atoms with E-state index in [9.17, 15) is 8.42 Å². The van der Waals surface area contributed by atoms with Crippen LogP contribution in [0.3, 0.4) is 0 Å². The molecule has 0 unspecified atom stereocenters. The van der Waals surface area contributed by atoms with Crippen molar-refractivity contribution in [2.75, 3.05) is 18.1 Å². The third-order valence-electron chi connectivity index (χ3n) is 2.55. The van der Waals surface area contributed by atoms with Crippen molar-refractivity contribution >= 4 is 38.1 Å². The minimum absolute atomic E-state index is 0.409. The molecule has 16 heavy (non-hydrogen) atoms. The molecule has 0 aliphatic rings. The fraction of sp³-hybridized carbons (Fsp3) is 0.455. The van der Waals surface area contributed by atoms with Gasteiger partial charge in [0, 0.05) is 22.1 Å². The van der Waals surface area contributed by atoms with Crippen LogP contribution in [0.15, 0.2) is 24.3 Å². The number of halogens is 1. The van der Waals surface area contributed by atoms with E-state index in [1.165, 1.54) is 6.26 Å². The smallest absolute Gasteiger partial charge is 0.154 e. The van der Waals surface area contributed by atoms with E-state index in [4.69, 9.17) is 0 Å². The van der Waals surface area contributed by atoms with Crippen molar-refractivity contribution in [1.29, 1.82) is 0 Å². The molecule has 0 bridgehead atoms. The van der Waals surface area contributed by atoms with Crippen LogP contribution >= 0.6 is 22.6 Å². The van der Waals surface area contributed by atoms with Crippen molar-refractivity contribution in [1.82, 2.24) is 0 Å². The van der Waals surface area contributed by atoms with Crippen LogP contribution in [0.1, 0.15) is 13.8 Å². The maximum absolute atomic E-state index is 11.5. The van der Waals surface area contributed by atoms with Gasteiger partial charge in [-0.3, -0.25) is 0 Å². The van der Waals surface area contributed by atoms with E-state index in [-0.39, 0.29) is 0 Å². The van der Waals surface area contributed by atoms with Gasteiger partial charge in [-0.1, -0.05) is 6.07 Å². The topological polar surface area (TPSA) is 46.2 Å². The predicted octanol–water partition coefficient (Wildman–Crippen LogP) is 2.53. The lowest BCUT2D eigenvalue weighted by molar-refractivity contribution is 0.560. The zero-order valence-electron chi connectivity index (χ0n) is 9.62. The molecule has 0 saturated carbocycles. The quantitative estimate of drug-likeness (QED) is 0.847. The number of benzene rings is 1. The monoisotopic (exact) mass is 353 g/mol. The maximum Gasteiger partial charge on any atom is 0.154 e. The molecule has 0 saturated heterocycles. The lowest BCUT2D eigenvalue weighted by Gasteiger charge is -2.23. The third kappa shape index (κ3) is 3.62. The van der Waals surface area contributed by atoms with Crippen molar-refractivity contribution in [3.8, 4) is 0 Å². The standard InChI is InChI=1S/C11H16INO2S/c1-11(2,16(3,14)15)8-13-10-6-4-5-9(12)7-10/h4-7,13H,8H2,1-3H3. The summed E-state index contributed by atoms with van der Waals surface area (Å²) < 4.78 is 23.4. The van der Waals surface area contributed by atoms with Crippen LogP contribution < -0.4 is 5.32 Å². The Morgan fingerprint density at radius 1 is 1.38 bits per heavy atom. The number of rotatable bonds is 4. The third-order valence-corrected chi connectivity index (χ3v) is 5.37. The molecule has 1 aromatic rings. The minimum atomic E-state index is -3.05. The summed E-state index contributed by atoms with van der Waals surface area (Å²) in [6.45, 7) is 3.86. The van der Waals surface area contributed by atoms with Crippen molar-refractivity contribution in [3.63, 3.8) is 0 Å². The molecule has 0 spiro atoms. The van der Waals surface area contributed by atoms with Crippen molar-refractivity contribution in [3.05, 3.63) is 27.8 Å². The van der Waals surface area contributed by atoms with Crippen LogP contribution in [-0.2, 0) is 9.84 Å². The Balaban J connectivity index is 2.72. The van der Waals surface area contributed by atoms with E-state index in [1.807, 2.05) is 24.3 Å². The van der Waals surface area contributed by atoms with Crippen LogP contribution in [-0.4, -0.2) is 26.0 Å². The average Bonchev–Trinajstić information content (AvgIpc) is 2.13. The molecule has 0 amide bonds. The normalized spacial score (nSPS) is 12.5. The number of sulfone groups is 1. The molecule has 0 atom stereocenters. The molecule has 0 aliphatic carbocycles. The van der Waals surface area contributed by atoms with Gasteiger partial charge >= 0.3 is 0 Å². The summed E-state index contributed by atoms with van der Waals surface area (Å²) in [5.41, 5.74) is 0.948. The predicted molar refractivity (Wildman–Crippen MR) is 76.6 cm³/mol. The summed E-state index contributed by atoms with van der Waals surface area (Å²) in [7, 11) is -3.05. The van der Waals surface area contributed by atoms with Gasteiger partial charge in [0.25, 0.3) is 0 Å². The van der Waals surface area contributed by atoms with Crippen LogP contribution in [0, 0.1) is 3.57 Å². The second-order valence-corrected chi connectivity index (χ2v) is 8.29.